The quantitative estimate of drug-likeness (QED) is 0.692. The second-order valence-corrected chi connectivity index (χ2v) is 7.23. The summed E-state index contributed by atoms with van der Waals surface area (Å²) in [4.78, 5) is 14.6. The van der Waals surface area contributed by atoms with Crippen LogP contribution in [0.3, 0.4) is 0 Å². The van der Waals surface area contributed by atoms with Gasteiger partial charge in [0, 0.05) is 38.6 Å². The third-order valence-electron chi connectivity index (χ3n) is 4.85. The minimum Gasteiger partial charge on any atom is -0.376 e. The number of morpholine rings is 1. The molecule has 1 aliphatic heterocycles. The van der Waals surface area contributed by atoms with Crippen molar-refractivity contribution in [3.63, 3.8) is 0 Å². The largest absolute Gasteiger partial charge is 0.376 e. The fourth-order valence-corrected chi connectivity index (χ4v) is 3.42. The molecule has 0 bridgehead atoms. The van der Waals surface area contributed by atoms with Gasteiger partial charge in [-0.1, -0.05) is 54.6 Å². The fourth-order valence-electron chi connectivity index (χ4n) is 3.42. The van der Waals surface area contributed by atoms with E-state index in [4.69, 9.17) is 10.5 Å². The van der Waals surface area contributed by atoms with Gasteiger partial charge in [-0.15, -0.1) is 24.8 Å². The van der Waals surface area contributed by atoms with E-state index in [1.54, 1.807) is 0 Å². The summed E-state index contributed by atoms with van der Waals surface area (Å²) in [6.07, 6.45) is 0.574. The van der Waals surface area contributed by atoms with Gasteiger partial charge in [0.05, 0.1) is 12.7 Å². The summed E-state index contributed by atoms with van der Waals surface area (Å²) >= 11 is 0. The molecule has 5 nitrogen and oxygen atoms in total. The number of rotatable bonds is 7. The van der Waals surface area contributed by atoms with Crippen molar-refractivity contribution in [1.29, 1.82) is 0 Å². The van der Waals surface area contributed by atoms with Crippen LogP contribution in [0, 0.1) is 0 Å². The first-order chi connectivity index (χ1) is 13.1. The zero-order chi connectivity index (χ0) is 19.1. The number of amides is 1. The van der Waals surface area contributed by atoms with Gasteiger partial charge in [0.2, 0.25) is 5.91 Å². The highest BCUT2D eigenvalue weighted by Crippen LogP contribution is 2.14. The molecule has 2 unspecified atom stereocenters. The molecule has 29 heavy (non-hydrogen) atoms. The van der Waals surface area contributed by atoms with Crippen molar-refractivity contribution in [1.82, 2.24) is 10.2 Å². The van der Waals surface area contributed by atoms with E-state index in [-0.39, 0.29) is 49.3 Å². The number of carbonyl (C=O) groups is 1. The molecule has 2 aromatic carbocycles. The summed E-state index contributed by atoms with van der Waals surface area (Å²) in [5, 5.41) is 2.98. The Kier molecular flexibility index (Phi) is 11.2. The van der Waals surface area contributed by atoms with E-state index in [0.29, 0.717) is 6.54 Å². The van der Waals surface area contributed by atoms with Gasteiger partial charge in [0.15, 0.2) is 0 Å². The van der Waals surface area contributed by atoms with Gasteiger partial charge in [-0.05, 0) is 23.6 Å². The Labute approximate surface area is 185 Å². The van der Waals surface area contributed by atoms with Crippen molar-refractivity contribution >= 4 is 30.7 Å². The normalized spacial score (nSPS) is 17.5. The molecular formula is C22H31Cl2N3O2. The number of nitrogens with one attached hydrogen (secondary N) is 1. The predicted molar refractivity (Wildman–Crippen MR) is 121 cm³/mol. The van der Waals surface area contributed by atoms with Crippen molar-refractivity contribution in [3.8, 4) is 0 Å². The number of carbonyl (C=O) groups excluding carboxylic acids is 1. The minimum absolute atomic E-state index is 0. The maximum absolute atomic E-state index is 12.2. The van der Waals surface area contributed by atoms with Crippen LogP contribution in [0.1, 0.15) is 36.1 Å². The third-order valence-corrected chi connectivity index (χ3v) is 4.85. The topological polar surface area (TPSA) is 67.6 Å². The SMILES string of the molecule is CC1CN(Cc2cccc(CNC(=O)CC(N)c3ccccc3)c2)CCO1.Cl.Cl. The minimum atomic E-state index is -0.277. The molecule has 1 fully saturated rings. The molecule has 3 rings (SSSR count). The highest BCUT2D eigenvalue weighted by Gasteiger charge is 2.16. The summed E-state index contributed by atoms with van der Waals surface area (Å²) in [7, 11) is 0. The van der Waals surface area contributed by atoms with Crippen molar-refractivity contribution in [3.05, 3.63) is 71.3 Å². The van der Waals surface area contributed by atoms with E-state index in [1.165, 1.54) is 5.56 Å². The average molecular weight is 440 g/mol. The zero-order valence-electron chi connectivity index (χ0n) is 16.8. The second-order valence-electron chi connectivity index (χ2n) is 7.23. The van der Waals surface area contributed by atoms with Crippen LogP contribution in [0.5, 0.6) is 0 Å². The molecule has 0 radical (unpaired) electrons. The number of nitrogens with two attached hydrogens (primary N) is 1. The number of benzene rings is 2. The third kappa shape index (κ3) is 8.33. The summed E-state index contributed by atoms with van der Waals surface area (Å²) in [6, 6.07) is 17.8. The van der Waals surface area contributed by atoms with Crippen LogP contribution in [0.25, 0.3) is 0 Å². The van der Waals surface area contributed by atoms with E-state index in [2.05, 4.69) is 35.3 Å². The van der Waals surface area contributed by atoms with Crippen LogP contribution in [0.15, 0.2) is 54.6 Å². The van der Waals surface area contributed by atoms with Crippen LogP contribution >= 0.6 is 24.8 Å². The predicted octanol–water partition coefficient (Wildman–Crippen LogP) is 3.46. The van der Waals surface area contributed by atoms with Gasteiger partial charge in [0.1, 0.15) is 0 Å². The molecule has 1 aliphatic rings. The Morgan fingerprint density at radius 2 is 1.90 bits per heavy atom. The highest BCUT2D eigenvalue weighted by molar-refractivity contribution is 5.85. The lowest BCUT2D eigenvalue weighted by Crippen LogP contribution is -2.40. The molecule has 7 heteroatoms. The first kappa shape index (κ1) is 25.4. The van der Waals surface area contributed by atoms with E-state index in [1.807, 2.05) is 36.4 Å². The van der Waals surface area contributed by atoms with Crippen LogP contribution in [0.4, 0.5) is 0 Å². The van der Waals surface area contributed by atoms with Gasteiger partial charge in [-0.3, -0.25) is 9.69 Å². The molecule has 1 amide bonds. The second kappa shape index (κ2) is 12.8. The standard InChI is InChI=1S/C22H29N3O2.2ClH/c1-17-15-25(10-11-27-17)16-19-7-5-6-18(12-19)14-24-22(26)13-21(23)20-8-3-2-4-9-20;;/h2-9,12,17,21H,10-11,13-16,23H2,1H3,(H,24,26);2*1H. The van der Waals surface area contributed by atoms with E-state index in [0.717, 1.165) is 37.4 Å². The Hall–Kier alpha value is -1.63. The fraction of sp³-hybridized carbons (Fsp3) is 0.409. The highest BCUT2D eigenvalue weighted by atomic mass is 35.5. The lowest BCUT2D eigenvalue weighted by Gasteiger charge is -2.31. The number of nitrogens with zero attached hydrogens (tertiary/aromatic N) is 1. The molecule has 1 saturated heterocycles. The molecule has 2 atom stereocenters. The summed E-state index contributed by atoms with van der Waals surface area (Å²) in [5.74, 6) is -0.0289. The molecule has 160 valence electrons. The first-order valence-electron chi connectivity index (χ1n) is 9.59. The molecule has 3 N–H and O–H groups in total. The molecule has 1 heterocycles. The van der Waals surface area contributed by atoms with Crippen molar-refractivity contribution in [2.75, 3.05) is 19.7 Å². The molecule has 2 aromatic rings. The lowest BCUT2D eigenvalue weighted by atomic mass is 10.0. The molecule has 0 spiro atoms. The molecule has 0 aromatic heterocycles. The monoisotopic (exact) mass is 439 g/mol. The smallest absolute Gasteiger partial charge is 0.222 e. The van der Waals surface area contributed by atoms with E-state index < -0.39 is 0 Å². The lowest BCUT2D eigenvalue weighted by molar-refractivity contribution is -0.121. The summed E-state index contributed by atoms with van der Waals surface area (Å²) in [6.45, 7) is 6.25. The molecular weight excluding hydrogens is 409 g/mol. The number of halogens is 2. The number of hydrogen-bond acceptors (Lipinski definition) is 4. The number of hydrogen-bond donors (Lipinski definition) is 2. The van der Waals surface area contributed by atoms with Crippen LogP contribution in [0.2, 0.25) is 0 Å². The Morgan fingerprint density at radius 3 is 2.62 bits per heavy atom. The van der Waals surface area contributed by atoms with Gasteiger partial charge in [0.25, 0.3) is 0 Å². The van der Waals surface area contributed by atoms with Gasteiger partial charge in [-0.25, -0.2) is 0 Å². The average Bonchev–Trinajstić information content (AvgIpc) is 2.67. The Morgan fingerprint density at radius 1 is 1.17 bits per heavy atom. The Balaban J connectivity index is 0.00000210. The summed E-state index contributed by atoms with van der Waals surface area (Å²) < 4.78 is 5.60. The van der Waals surface area contributed by atoms with Gasteiger partial charge >= 0.3 is 0 Å². The zero-order valence-corrected chi connectivity index (χ0v) is 18.4. The van der Waals surface area contributed by atoms with Gasteiger partial charge < -0.3 is 15.8 Å². The van der Waals surface area contributed by atoms with Crippen LogP contribution < -0.4 is 11.1 Å². The number of ether oxygens (including phenoxy) is 1. The van der Waals surface area contributed by atoms with E-state index in [9.17, 15) is 4.79 Å². The van der Waals surface area contributed by atoms with Gasteiger partial charge in [-0.2, -0.15) is 0 Å². The maximum atomic E-state index is 12.2. The van der Waals surface area contributed by atoms with Crippen LogP contribution in [-0.2, 0) is 22.6 Å². The Bertz CT molecular complexity index is 746. The van der Waals surface area contributed by atoms with Crippen molar-refractivity contribution in [2.24, 2.45) is 5.73 Å². The maximum Gasteiger partial charge on any atom is 0.222 e. The first-order valence-corrected chi connectivity index (χ1v) is 9.59. The van der Waals surface area contributed by atoms with Crippen molar-refractivity contribution < 1.29 is 9.53 Å². The van der Waals surface area contributed by atoms with Crippen molar-refractivity contribution in [2.45, 2.75) is 38.6 Å². The molecule has 0 aliphatic carbocycles. The summed E-state index contributed by atoms with van der Waals surface area (Å²) in [5.41, 5.74) is 9.48. The van der Waals surface area contributed by atoms with Crippen LogP contribution in [-0.4, -0.2) is 36.6 Å². The van der Waals surface area contributed by atoms with E-state index >= 15 is 0 Å². The molecule has 0 saturated carbocycles.